The van der Waals surface area contributed by atoms with E-state index in [-0.39, 0.29) is 5.91 Å². The minimum absolute atomic E-state index is 0.193. The predicted octanol–water partition coefficient (Wildman–Crippen LogP) is 0.705. The third-order valence-corrected chi connectivity index (χ3v) is 2.08. The lowest BCUT2D eigenvalue weighted by molar-refractivity contribution is -0.123. The lowest BCUT2D eigenvalue weighted by Crippen LogP contribution is -2.31. The summed E-state index contributed by atoms with van der Waals surface area (Å²) in [5, 5.41) is 11.3. The van der Waals surface area contributed by atoms with E-state index in [1.54, 1.807) is 7.11 Å². The minimum atomic E-state index is -0.533. The molecule has 5 nitrogen and oxygen atoms in total. The van der Waals surface area contributed by atoms with Gasteiger partial charge >= 0.3 is 0 Å². The summed E-state index contributed by atoms with van der Waals surface area (Å²) in [6.45, 7) is 4.11. The highest BCUT2D eigenvalue weighted by atomic mass is 16.5. The number of hydrogen-bond acceptors (Lipinski definition) is 4. The van der Waals surface area contributed by atoms with Crippen LogP contribution in [0.25, 0.3) is 0 Å². The lowest BCUT2D eigenvalue weighted by atomic mass is 10.1. The number of hydrogen-bond donors (Lipinski definition) is 1. The largest absolute Gasteiger partial charge is 0.382 e. The molecule has 0 spiro atoms. The van der Waals surface area contributed by atoms with E-state index in [1.807, 2.05) is 13.0 Å². The van der Waals surface area contributed by atoms with Crippen molar-refractivity contribution in [3.63, 3.8) is 0 Å². The first-order valence-electron chi connectivity index (χ1n) is 5.50. The number of ether oxygens (including phenoxy) is 2. The summed E-state index contributed by atoms with van der Waals surface area (Å²) in [7, 11) is 1.62. The first-order valence-corrected chi connectivity index (χ1v) is 5.50. The molecule has 0 aliphatic carbocycles. The summed E-state index contributed by atoms with van der Waals surface area (Å²) in [4.78, 5) is 11.3. The van der Waals surface area contributed by atoms with Crippen LogP contribution in [0.4, 0.5) is 0 Å². The summed E-state index contributed by atoms with van der Waals surface area (Å²) < 4.78 is 10.0. The smallest absolute Gasteiger partial charge is 0.237 e. The zero-order chi connectivity index (χ0) is 12.2. The summed E-state index contributed by atoms with van der Waals surface area (Å²) in [5.74, 6) is -0.726. The third kappa shape index (κ3) is 7.21. The van der Waals surface area contributed by atoms with Gasteiger partial charge in [0.1, 0.15) is 5.92 Å². The zero-order valence-corrected chi connectivity index (χ0v) is 9.99. The molecule has 1 unspecified atom stereocenters. The van der Waals surface area contributed by atoms with Gasteiger partial charge in [-0.15, -0.1) is 0 Å². The van der Waals surface area contributed by atoms with Crippen molar-refractivity contribution in [1.82, 2.24) is 5.32 Å². The lowest BCUT2D eigenvalue weighted by Gasteiger charge is -2.08. The SMILES string of the molecule is CCC(C#N)C(=O)NCCCOCCOC. The van der Waals surface area contributed by atoms with Gasteiger partial charge in [-0.2, -0.15) is 5.26 Å². The molecule has 0 fully saturated rings. The molecule has 1 atom stereocenters. The van der Waals surface area contributed by atoms with Crippen molar-refractivity contribution < 1.29 is 14.3 Å². The second kappa shape index (κ2) is 10.4. The second-order valence-electron chi connectivity index (χ2n) is 3.34. The number of methoxy groups -OCH3 is 1. The normalized spacial score (nSPS) is 11.8. The van der Waals surface area contributed by atoms with Crippen molar-refractivity contribution in [3.05, 3.63) is 0 Å². The fraction of sp³-hybridized carbons (Fsp3) is 0.818. The highest BCUT2D eigenvalue weighted by Gasteiger charge is 2.13. The molecule has 0 bridgehead atoms. The molecule has 0 aliphatic rings. The summed E-state index contributed by atoms with van der Waals surface area (Å²) in [6.07, 6.45) is 1.30. The highest BCUT2D eigenvalue weighted by molar-refractivity contribution is 5.80. The van der Waals surface area contributed by atoms with Crippen LogP contribution in [0.3, 0.4) is 0 Å². The van der Waals surface area contributed by atoms with Gasteiger partial charge in [-0.3, -0.25) is 4.79 Å². The zero-order valence-electron chi connectivity index (χ0n) is 9.99. The van der Waals surface area contributed by atoms with Gasteiger partial charge in [0.2, 0.25) is 5.91 Å². The number of nitriles is 1. The van der Waals surface area contributed by atoms with E-state index in [0.717, 1.165) is 6.42 Å². The Balaban J connectivity index is 3.38. The van der Waals surface area contributed by atoms with Crippen LogP contribution in [0, 0.1) is 17.2 Å². The molecule has 0 rings (SSSR count). The molecular weight excluding hydrogens is 208 g/mol. The van der Waals surface area contributed by atoms with Crippen LogP contribution in [0.1, 0.15) is 19.8 Å². The number of nitrogens with one attached hydrogen (secondary N) is 1. The van der Waals surface area contributed by atoms with Crippen LogP contribution >= 0.6 is 0 Å². The fourth-order valence-corrected chi connectivity index (χ4v) is 1.09. The van der Waals surface area contributed by atoms with E-state index in [9.17, 15) is 4.79 Å². The van der Waals surface area contributed by atoms with Gasteiger partial charge in [-0.25, -0.2) is 0 Å². The molecule has 0 aromatic carbocycles. The van der Waals surface area contributed by atoms with E-state index >= 15 is 0 Å². The van der Waals surface area contributed by atoms with Crippen molar-refractivity contribution in [3.8, 4) is 6.07 Å². The molecule has 0 radical (unpaired) electrons. The Hall–Kier alpha value is -1.12. The van der Waals surface area contributed by atoms with Crippen molar-refractivity contribution in [2.45, 2.75) is 19.8 Å². The summed E-state index contributed by atoms with van der Waals surface area (Å²) in [6, 6.07) is 1.96. The number of carbonyl (C=O) groups is 1. The first-order chi connectivity index (χ1) is 7.76. The molecule has 0 saturated carbocycles. The standard InChI is InChI=1S/C11H20N2O3/c1-3-10(9-12)11(14)13-5-4-6-16-8-7-15-2/h10H,3-8H2,1-2H3,(H,13,14). The molecule has 16 heavy (non-hydrogen) atoms. The first kappa shape index (κ1) is 14.9. The Morgan fingerprint density at radius 3 is 2.75 bits per heavy atom. The maximum Gasteiger partial charge on any atom is 0.237 e. The van der Waals surface area contributed by atoms with E-state index in [4.69, 9.17) is 14.7 Å². The number of nitrogens with zero attached hydrogens (tertiary/aromatic N) is 1. The van der Waals surface area contributed by atoms with Gasteiger partial charge in [0.15, 0.2) is 0 Å². The topological polar surface area (TPSA) is 71.4 Å². The molecule has 0 aromatic heterocycles. The van der Waals surface area contributed by atoms with Gasteiger partial charge in [-0.1, -0.05) is 6.92 Å². The van der Waals surface area contributed by atoms with E-state index in [2.05, 4.69) is 5.32 Å². The molecule has 0 aromatic rings. The fourth-order valence-electron chi connectivity index (χ4n) is 1.09. The average molecular weight is 228 g/mol. The number of rotatable bonds is 9. The number of carbonyl (C=O) groups excluding carboxylic acids is 1. The van der Waals surface area contributed by atoms with E-state index in [0.29, 0.717) is 32.8 Å². The van der Waals surface area contributed by atoms with Crippen molar-refractivity contribution >= 4 is 5.91 Å². The number of amides is 1. The van der Waals surface area contributed by atoms with Crippen molar-refractivity contribution in [2.24, 2.45) is 5.92 Å². The Morgan fingerprint density at radius 1 is 1.44 bits per heavy atom. The monoisotopic (exact) mass is 228 g/mol. The van der Waals surface area contributed by atoms with Crippen LogP contribution in [0.15, 0.2) is 0 Å². The quantitative estimate of drug-likeness (QED) is 0.590. The summed E-state index contributed by atoms with van der Waals surface area (Å²) in [5.41, 5.74) is 0. The Bertz CT molecular complexity index is 226. The summed E-state index contributed by atoms with van der Waals surface area (Å²) >= 11 is 0. The van der Waals surface area contributed by atoms with Crippen LogP contribution in [0.5, 0.6) is 0 Å². The van der Waals surface area contributed by atoms with Crippen LogP contribution in [-0.2, 0) is 14.3 Å². The molecule has 1 N–H and O–H groups in total. The van der Waals surface area contributed by atoms with Gasteiger partial charge in [0.25, 0.3) is 0 Å². The molecule has 0 aliphatic heterocycles. The van der Waals surface area contributed by atoms with E-state index in [1.165, 1.54) is 0 Å². The molecular formula is C11H20N2O3. The molecule has 0 saturated heterocycles. The Morgan fingerprint density at radius 2 is 2.19 bits per heavy atom. The highest BCUT2D eigenvalue weighted by Crippen LogP contribution is 1.99. The van der Waals surface area contributed by atoms with Crippen LogP contribution in [-0.4, -0.2) is 39.4 Å². The predicted molar refractivity (Wildman–Crippen MR) is 59.7 cm³/mol. The second-order valence-corrected chi connectivity index (χ2v) is 3.34. The van der Waals surface area contributed by atoms with Crippen molar-refractivity contribution in [1.29, 1.82) is 5.26 Å². The third-order valence-electron chi connectivity index (χ3n) is 2.08. The molecule has 1 amide bonds. The van der Waals surface area contributed by atoms with Gasteiger partial charge in [0, 0.05) is 20.3 Å². The average Bonchev–Trinajstić information content (AvgIpc) is 2.29. The minimum Gasteiger partial charge on any atom is -0.382 e. The van der Waals surface area contributed by atoms with E-state index < -0.39 is 5.92 Å². The Labute approximate surface area is 96.7 Å². The van der Waals surface area contributed by atoms with Gasteiger partial charge in [-0.05, 0) is 12.8 Å². The Kier molecular flexibility index (Phi) is 9.67. The van der Waals surface area contributed by atoms with Crippen molar-refractivity contribution in [2.75, 3.05) is 33.5 Å². The van der Waals surface area contributed by atoms with Crippen LogP contribution < -0.4 is 5.32 Å². The molecule has 92 valence electrons. The maximum atomic E-state index is 11.3. The van der Waals surface area contributed by atoms with Crippen LogP contribution in [0.2, 0.25) is 0 Å². The van der Waals surface area contributed by atoms with Gasteiger partial charge < -0.3 is 14.8 Å². The van der Waals surface area contributed by atoms with Gasteiger partial charge in [0.05, 0.1) is 19.3 Å². The maximum absolute atomic E-state index is 11.3. The molecule has 5 heteroatoms. The molecule has 0 heterocycles.